The standard InChI is InChI=1S/C12H22N4O2.C12H21N3O3.C11H23N3O2.C11H22N2O3.C9H14N2O4.C8H14N2O2.CH4/c1-7(2)13-10-14-11(17)16(9(5)6)12(18)15(10)8(3)4;1-7(2)13-10(16)14(8(3)4)12(18)15(9(5)6)11(13)17;1-7(2)12-10(15)14(9(5)6)11(16)13-8(3)4;1-7(2)12-10(14)13(8(3)4)11(15)16-9(5)6;1-5(2)10-7(12)11(6(3)4)9(14)15-8(10)13;1-5(2)9-7(11)10(6(3)4)8(9)12;/h7-9H,1-6H3,(H,13,14,17);7-9H,1-6H3;7-9H,1-6H3,(H,12,15)(H,13,16);7-9H,1-6H3,(H,12,14);5-6H,1-4H3;5-6H,1-4H3;1H4. The number of aromatic nitrogens is 8. The molecule has 0 unspecified atom stereocenters. The molecule has 4 heterocycles. The van der Waals surface area contributed by atoms with Crippen LogP contribution in [0.4, 0.5) is 34.7 Å². The number of ether oxygens (including phenoxy) is 1. The van der Waals surface area contributed by atoms with Gasteiger partial charge in [0, 0.05) is 90.6 Å². The number of amides is 11. The molecule has 4 N–H and O–H groups in total. The third-order valence-electron chi connectivity index (χ3n) is 12.6. The zero-order valence-corrected chi connectivity index (χ0v) is 62.6. The van der Waals surface area contributed by atoms with Crippen LogP contribution in [0.15, 0.2) is 42.8 Å². The quantitative estimate of drug-likeness (QED) is 0.0978. The largest absolute Gasteiger partial charge is 0.446 e. The van der Waals surface area contributed by atoms with Crippen molar-refractivity contribution in [1.82, 2.24) is 72.5 Å². The average Bonchev–Trinajstić information content (AvgIpc) is 0.787. The van der Waals surface area contributed by atoms with Gasteiger partial charge >= 0.3 is 81.9 Å². The first-order chi connectivity index (χ1) is 43.3. The van der Waals surface area contributed by atoms with Gasteiger partial charge in [-0.25, -0.2) is 114 Å². The van der Waals surface area contributed by atoms with Gasteiger partial charge < -0.3 is 30.4 Å². The number of imide groups is 4. The van der Waals surface area contributed by atoms with E-state index in [2.05, 4.69) is 30.7 Å². The summed E-state index contributed by atoms with van der Waals surface area (Å²) in [6, 6.07) is -3.58. The molecule has 552 valence electrons. The van der Waals surface area contributed by atoms with Gasteiger partial charge in [-0.15, -0.1) is 0 Å². The predicted octanol–water partition coefficient (Wildman–Crippen LogP) is 9.02. The first-order valence-corrected chi connectivity index (χ1v) is 32.5. The van der Waals surface area contributed by atoms with Gasteiger partial charge in [0.25, 0.3) is 0 Å². The van der Waals surface area contributed by atoms with Gasteiger partial charge in [0.2, 0.25) is 5.95 Å². The van der Waals surface area contributed by atoms with Crippen LogP contribution in [0.2, 0.25) is 0 Å². The lowest BCUT2D eigenvalue weighted by molar-refractivity contribution is 0.0769. The van der Waals surface area contributed by atoms with Crippen LogP contribution in [0.5, 0.6) is 0 Å². The summed E-state index contributed by atoms with van der Waals surface area (Å²) in [5.41, 5.74) is -3.05. The highest BCUT2D eigenvalue weighted by molar-refractivity contribution is 6.12. The van der Waals surface area contributed by atoms with Gasteiger partial charge in [-0.3, -0.25) is 4.57 Å². The highest BCUT2D eigenvalue weighted by Crippen LogP contribution is 2.22. The molecule has 3 aromatic heterocycles. The fraction of sp³-hybridized carbons (Fsp3) is 0.766. The average molecular weight is 1370 g/mol. The summed E-state index contributed by atoms with van der Waals surface area (Å²) in [7, 11) is 0. The molecule has 0 aliphatic carbocycles. The molecule has 0 spiro atoms. The number of rotatable bonds is 17. The molecule has 1 aliphatic heterocycles. The normalized spacial score (nSPS) is 12.0. The van der Waals surface area contributed by atoms with Gasteiger partial charge in [-0.1, -0.05) is 7.43 Å². The van der Waals surface area contributed by atoms with Crippen molar-refractivity contribution in [2.24, 2.45) is 0 Å². The molecule has 1 saturated heterocycles. The Morgan fingerprint density at radius 3 is 0.844 bits per heavy atom. The molecular formula is C64H120N16O16. The van der Waals surface area contributed by atoms with E-state index in [0.717, 1.165) is 27.7 Å². The number of carbonyl (C=O) groups is 6. The number of nitrogens with one attached hydrogen (secondary N) is 4. The molecule has 4 rings (SSSR count). The lowest BCUT2D eigenvalue weighted by atomic mass is 10.2. The fourth-order valence-electron chi connectivity index (χ4n) is 8.51. The Morgan fingerprint density at radius 1 is 0.354 bits per heavy atom. The third kappa shape index (κ3) is 26.7. The van der Waals surface area contributed by atoms with Crippen LogP contribution in [-0.4, -0.2) is 147 Å². The fourth-order valence-corrected chi connectivity index (χ4v) is 8.51. The number of urea groups is 5. The zero-order valence-electron chi connectivity index (χ0n) is 62.6. The Bertz CT molecular complexity index is 3220. The number of hydrogen-bond acceptors (Lipinski definition) is 18. The Hall–Kier alpha value is -8.35. The number of anilines is 1. The van der Waals surface area contributed by atoms with Crippen LogP contribution in [0.3, 0.4) is 0 Å². The van der Waals surface area contributed by atoms with Gasteiger partial charge in [-0.05, 0) is 222 Å². The second-order valence-electron chi connectivity index (χ2n) is 27.0. The smallest absolute Gasteiger partial charge is 0.427 e. The van der Waals surface area contributed by atoms with Crippen LogP contribution < -0.4 is 66.9 Å². The van der Waals surface area contributed by atoms with E-state index in [0.29, 0.717) is 5.95 Å². The Kier molecular flexibility index (Phi) is 39.1. The Balaban J connectivity index is -0.00000108. The van der Waals surface area contributed by atoms with Crippen LogP contribution in [0.1, 0.15) is 271 Å². The number of nitrogens with zero attached hydrogens (tertiary/aromatic N) is 12. The zero-order chi connectivity index (χ0) is 75.2. The van der Waals surface area contributed by atoms with E-state index in [-0.39, 0.29) is 134 Å². The molecule has 0 bridgehead atoms. The maximum Gasteiger partial charge on any atom is 0.427 e. The van der Waals surface area contributed by atoms with Crippen molar-refractivity contribution in [2.45, 2.75) is 326 Å². The summed E-state index contributed by atoms with van der Waals surface area (Å²) in [6.45, 7) is 57.5. The van der Waals surface area contributed by atoms with Crippen LogP contribution in [0, 0.1) is 0 Å². The van der Waals surface area contributed by atoms with Crippen molar-refractivity contribution in [3.63, 3.8) is 0 Å². The van der Waals surface area contributed by atoms with Crippen molar-refractivity contribution >= 4 is 42.2 Å². The summed E-state index contributed by atoms with van der Waals surface area (Å²) >= 11 is 0. The van der Waals surface area contributed by atoms with E-state index in [1.165, 1.54) is 23.8 Å². The molecule has 96 heavy (non-hydrogen) atoms. The minimum absolute atomic E-state index is 0. The molecule has 0 radical (unpaired) electrons. The molecule has 0 saturated carbocycles. The van der Waals surface area contributed by atoms with Gasteiger partial charge in [0.1, 0.15) is 0 Å². The van der Waals surface area contributed by atoms with E-state index in [4.69, 9.17) is 4.74 Å². The second-order valence-corrected chi connectivity index (χ2v) is 27.0. The van der Waals surface area contributed by atoms with Crippen molar-refractivity contribution in [1.29, 1.82) is 0 Å². The summed E-state index contributed by atoms with van der Waals surface area (Å²) in [5, 5.41) is 11.1. The van der Waals surface area contributed by atoms with E-state index >= 15 is 0 Å². The maximum atomic E-state index is 12.3. The summed E-state index contributed by atoms with van der Waals surface area (Å²) in [4.78, 5) is 173. The minimum Gasteiger partial charge on any atom is -0.446 e. The number of hydrogen-bond donors (Lipinski definition) is 4. The van der Waals surface area contributed by atoms with E-state index in [9.17, 15) is 67.1 Å². The van der Waals surface area contributed by atoms with E-state index in [1.54, 1.807) is 125 Å². The SMILES string of the molecule is C.CC(C)N1C(=O)N(C(C)C)C1=O.CC(C)NC(=O)N(C(=O)NC(C)C)C(C)C.CC(C)NC(=O)N(C(=O)OC(C)C)C(C)C.CC(C)Nc1nc(=O)n(C(C)C)c(=O)n1C(C)C.CC(C)n1c(=O)n(C(C)C)c(=O)n(C(C)C)c1=O.CC(C)n1c(=O)oc(=O)n(C(C)C)c1=O. The predicted molar refractivity (Wildman–Crippen MR) is 375 cm³/mol. The van der Waals surface area contributed by atoms with E-state index < -0.39 is 52.1 Å². The van der Waals surface area contributed by atoms with Crippen LogP contribution in [0.25, 0.3) is 0 Å². The second kappa shape index (κ2) is 40.9. The molecule has 11 amide bonds. The van der Waals surface area contributed by atoms with E-state index in [1.807, 2.05) is 96.9 Å². The van der Waals surface area contributed by atoms with Crippen molar-refractivity contribution in [3.8, 4) is 0 Å². The lowest BCUT2D eigenvalue weighted by Crippen LogP contribution is -2.67. The molecule has 0 aromatic carbocycles. The monoisotopic (exact) mass is 1370 g/mol. The molecule has 1 fully saturated rings. The molecular weight excluding hydrogens is 1250 g/mol. The summed E-state index contributed by atoms with van der Waals surface area (Å²) in [5.74, 6) is -1.47. The van der Waals surface area contributed by atoms with Crippen molar-refractivity contribution < 1.29 is 37.9 Å². The highest BCUT2D eigenvalue weighted by atomic mass is 16.6. The first-order valence-electron chi connectivity index (χ1n) is 32.5. The lowest BCUT2D eigenvalue weighted by Gasteiger charge is -2.43. The maximum absolute atomic E-state index is 12.3. The Labute approximate surface area is 565 Å². The van der Waals surface area contributed by atoms with Crippen LogP contribution >= 0.6 is 0 Å². The van der Waals surface area contributed by atoms with Gasteiger partial charge in [-0.2, -0.15) is 4.98 Å². The van der Waals surface area contributed by atoms with Crippen molar-refractivity contribution in [2.75, 3.05) is 5.32 Å². The topological polar surface area (TPSA) is 370 Å². The highest BCUT2D eigenvalue weighted by Gasteiger charge is 2.46. The van der Waals surface area contributed by atoms with Gasteiger partial charge in [0.15, 0.2) is 0 Å². The minimum atomic E-state index is -0.906. The van der Waals surface area contributed by atoms with Crippen LogP contribution in [-0.2, 0) is 4.74 Å². The molecule has 3 aromatic rings. The molecule has 32 nitrogen and oxygen atoms in total. The Morgan fingerprint density at radius 2 is 0.615 bits per heavy atom. The summed E-state index contributed by atoms with van der Waals surface area (Å²) in [6.07, 6.45) is -0.844. The summed E-state index contributed by atoms with van der Waals surface area (Å²) < 4.78 is 17.4. The third-order valence-corrected chi connectivity index (χ3v) is 12.6. The molecule has 0 atom stereocenters. The first kappa shape index (κ1) is 91.8. The van der Waals surface area contributed by atoms with Crippen molar-refractivity contribution in [3.05, 3.63) is 84.0 Å². The van der Waals surface area contributed by atoms with Gasteiger partial charge in [0.05, 0.1) is 6.10 Å². The number of carbonyl (C=O) groups excluding carboxylic acids is 6. The molecule has 1 aliphatic rings. The molecule has 32 heteroatoms.